The van der Waals surface area contributed by atoms with Gasteiger partial charge in [0.25, 0.3) is 5.91 Å². The van der Waals surface area contributed by atoms with E-state index in [4.69, 9.17) is 14.5 Å². The highest BCUT2D eigenvalue weighted by molar-refractivity contribution is 7.12. The molecule has 0 aliphatic carbocycles. The molecule has 6 nitrogen and oxygen atoms in total. The number of hydrogen-bond acceptors (Lipinski definition) is 5. The molecule has 0 radical (unpaired) electrons. The molecule has 0 unspecified atom stereocenters. The monoisotopic (exact) mass is 435 g/mol. The van der Waals surface area contributed by atoms with Crippen molar-refractivity contribution in [2.45, 2.75) is 25.9 Å². The predicted octanol–water partition coefficient (Wildman–Crippen LogP) is 4.90. The van der Waals surface area contributed by atoms with Crippen molar-refractivity contribution in [2.75, 3.05) is 13.7 Å². The van der Waals surface area contributed by atoms with Crippen LogP contribution in [0.4, 0.5) is 0 Å². The van der Waals surface area contributed by atoms with E-state index in [-0.39, 0.29) is 5.91 Å². The number of ether oxygens (including phenoxy) is 2. The number of unbranched alkanes of at least 4 members (excludes halogenated alkanes) is 1. The third-order valence-corrected chi connectivity index (χ3v) is 5.86. The summed E-state index contributed by atoms with van der Waals surface area (Å²) in [6.45, 7) is 1.81. The second-order valence-corrected chi connectivity index (χ2v) is 7.98. The van der Waals surface area contributed by atoms with Crippen molar-refractivity contribution in [3.05, 3.63) is 76.7 Å². The third-order valence-electron chi connectivity index (χ3n) is 4.99. The Morgan fingerprint density at radius 1 is 1.03 bits per heavy atom. The fourth-order valence-electron chi connectivity index (χ4n) is 3.46. The van der Waals surface area contributed by atoms with Gasteiger partial charge in [0, 0.05) is 6.54 Å². The van der Waals surface area contributed by atoms with E-state index >= 15 is 0 Å². The smallest absolute Gasteiger partial charge is 0.261 e. The second kappa shape index (κ2) is 10.1. The van der Waals surface area contributed by atoms with Crippen molar-refractivity contribution in [3.8, 4) is 11.5 Å². The number of nitrogens with one attached hydrogen (secondary N) is 1. The molecule has 0 aliphatic rings. The van der Waals surface area contributed by atoms with E-state index in [9.17, 15) is 4.79 Å². The molecule has 7 heteroatoms. The van der Waals surface area contributed by atoms with Crippen molar-refractivity contribution in [1.29, 1.82) is 0 Å². The highest BCUT2D eigenvalue weighted by atomic mass is 32.1. The van der Waals surface area contributed by atoms with E-state index in [0.717, 1.165) is 47.7 Å². The van der Waals surface area contributed by atoms with Gasteiger partial charge in [0.05, 0.1) is 36.2 Å². The zero-order valence-corrected chi connectivity index (χ0v) is 18.2. The Kier molecular flexibility index (Phi) is 6.84. The lowest BCUT2D eigenvalue weighted by atomic mass is 10.3. The Hall–Kier alpha value is -3.32. The molecule has 160 valence electrons. The number of para-hydroxylation sites is 4. The maximum atomic E-state index is 12.3. The lowest BCUT2D eigenvalue weighted by Crippen LogP contribution is -2.24. The number of amides is 1. The number of methoxy groups -OCH3 is 1. The van der Waals surface area contributed by atoms with Gasteiger partial charge < -0.3 is 19.4 Å². The van der Waals surface area contributed by atoms with E-state index in [1.54, 1.807) is 7.11 Å². The second-order valence-electron chi connectivity index (χ2n) is 7.03. The number of carbonyl (C=O) groups excluding carboxylic acids is 1. The van der Waals surface area contributed by atoms with Gasteiger partial charge in [-0.25, -0.2) is 4.98 Å². The molecule has 4 rings (SSSR count). The molecule has 0 saturated heterocycles. The minimum absolute atomic E-state index is 0.0705. The van der Waals surface area contributed by atoms with Crippen molar-refractivity contribution in [3.63, 3.8) is 0 Å². The molecule has 0 spiro atoms. The lowest BCUT2D eigenvalue weighted by molar-refractivity contribution is 0.0953. The van der Waals surface area contributed by atoms with E-state index in [0.29, 0.717) is 18.0 Å². The summed E-state index contributed by atoms with van der Waals surface area (Å²) in [5.41, 5.74) is 2.02. The number of aryl methyl sites for hydroxylation is 1. The summed E-state index contributed by atoms with van der Waals surface area (Å²) in [5.74, 6) is 2.29. The largest absolute Gasteiger partial charge is 0.493 e. The summed E-state index contributed by atoms with van der Waals surface area (Å²) in [6, 6.07) is 19.4. The SMILES string of the molecule is COc1ccccc1OCCCCn1c(CNC(=O)c2cccs2)nc2ccccc21. The van der Waals surface area contributed by atoms with Gasteiger partial charge in [-0.1, -0.05) is 30.3 Å². The zero-order valence-electron chi connectivity index (χ0n) is 17.4. The lowest BCUT2D eigenvalue weighted by Gasteiger charge is -2.12. The third kappa shape index (κ3) is 5.06. The van der Waals surface area contributed by atoms with Crippen molar-refractivity contribution in [2.24, 2.45) is 0 Å². The molecular formula is C24H25N3O3S. The van der Waals surface area contributed by atoms with Gasteiger partial charge in [-0.15, -0.1) is 11.3 Å². The Balaban J connectivity index is 1.37. The van der Waals surface area contributed by atoms with E-state index in [1.165, 1.54) is 11.3 Å². The predicted molar refractivity (Wildman–Crippen MR) is 123 cm³/mol. The first-order chi connectivity index (χ1) is 15.3. The molecule has 2 aromatic heterocycles. The molecule has 1 N–H and O–H groups in total. The summed E-state index contributed by atoms with van der Waals surface area (Å²) < 4.78 is 13.4. The Morgan fingerprint density at radius 2 is 1.84 bits per heavy atom. The van der Waals surface area contributed by atoms with Gasteiger partial charge in [-0.3, -0.25) is 4.79 Å². The molecule has 4 aromatic rings. The Morgan fingerprint density at radius 3 is 2.65 bits per heavy atom. The molecule has 2 aromatic carbocycles. The summed E-state index contributed by atoms with van der Waals surface area (Å²) in [7, 11) is 1.64. The number of hydrogen-bond donors (Lipinski definition) is 1. The van der Waals surface area contributed by atoms with Crippen LogP contribution in [0.15, 0.2) is 66.0 Å². The topological polar surface area (TPSA) is 65.4 Å². The van der Waals surface area contributed by atoms with Gasteiger partial charge >= 0.3 is 0 Å². The van der Waals surface area contributed by atoms with Crippen LogP contribution < -0.4 is 14.8 Å². The summed E-state index contributed by atoms with van der Waals surface area (Å²) >= 11 is 1.43. The first-order valence-corrected chi connectivity index (χ1v) is 11.2. The normalized spacial score (nSPS) is 10.9. The van der Waals surface area contributed by atoms with Crippen LogP contribution in [0.1, 0.15) is 28.3 Å². The molecule has 0 saturated carbocycles. The maximum absolute atomic E-state index is 12.3. The summed E-state index contributed by atoms with van der Waals surface area (Å²) in [4.78, 5) is 17.8. The summed E-state index contributed by atoms with van der Waals surface area (Å²) in [5, 5.41) is 4.89. The first kappa shape index (κ1) is 20.9. The van der Waals surface area contributed by atoms with Crippen molar-refractivity contribution in [1.82, 2.24) is 14.9 Å². The van der Waals surface area contributed by atoms with Crippen LogP contribution in [-0.4, -0.2) is 29.2 Å². The average molecular weight is 436 g/mol. The van der Waals surface area contributed by atoms with Gasteiger partial charge in [0.1, 0.15) is 5.82 Å². The number of fused-ring (bicyclic) bond motifs is 1. The number of benzene rings is 2. The van der Waals surface area contributed by atoms with Gasteiger partial charge in [0.15, 0.2) is 11.5 Å². The fraction of sp³-hybridized carbons (Fsp3) is 0.250. The minimum Gasteiger partial charge on any atom is -0.493 e. The first-order valence-electron chi connectivity index (χ1n) is 10.3. The fourth-order valence-corrected chi connectivity index (χ4v) is 4.10. The number of imidazole rings is 1. The Bertz CT molecular complexity index is 1140. The maximum Gasteiger partial charge on any atom is 0.261 e. The van der Waals surface area contributed by atoms with Gasteiger partial charge in [-0.2, -0.15) is 0 Å². The minimum atomic E-state index is -0.0705. The van der Waals surface area contributed by atoms with E-state index in [2.05, 4.69) is 16.0 Å². The zero-order chi connectivity index (χ0) is 21.5. The van der Waals surface area contributed by atoms with E-state index < -0.39 is 0 Å². The molecule has 0 atom stereocenters. The molecule has 0 fully saturated rings. The van der Waals surface area contributed by atoms with Crippen molar-refractivity contribution >= 4 is 28.3 Å². The van der Waals surface area contributed by atoms with Crippen LogP contribution in [0.5, 0.6) is 11.5 Å². The van der Waals surface area contributed by atoms with Gasteiger partial charge in [-0.05, 0) is 48.6 Å². The van der Waals surface area contributed by atoms with Crippen LogP contribution in [0.3, 0.4) is 0 Å². The van der Waals surface area contributed by atoms with Gasteiger partial charge in [0.2, 0.25) is 0 Å². The highest BCUT2D eigenvalue weighted by Crippen LogP contribution is 2.26. The number of rotatable bonds is 10. The standard InChI is InChI=1S/C24H25N3O3S/c1-29-20-11-4-5-12-21(20)30-15-7-6-14-27-19-10-3-2-9-18(19)26-23(27)17-25-24(28)22-13-8-16-31-22/h2-5,8-13,16H,6-7,14-15,17H2,1H3,(H,25,28). The average Bonchev–Trinajstić information content (AvgIpc) is 3.46. The molecule has 0 aliphatic heterocycles. The molecule has 0 bridgehead atoms. The Labute approximate surface area is 185 Å². The quantitative estimate of drug-likeness (QED) is 0.360. The summed E-state index contributed by atoms with van der Waals surface area (Å²) in [6.07, 6.45) is 1.83. The van der Waals surface area contributed by atoms with Crippen molar-refractivity contribution < 1.29 is 14.3 Å². The van der Waals surface area contributed by atoms with Crippen LogP contribution in [0.25, 0.3) is 11.0 Å². The number of nitrogens with zero attached hydrogens (tertiary/aromatic N) is 2. The molecular weight excluding hydrogens is 410 g/mol. The molecule has 31 heavy (non-hydrogen) atoms. The number of thiophene rings is 1. The molecule has 1 amide bonds. The number of carbonyl (C=O) groups is 1. The highest BCUT2D eigenvalue weighted by Gasteiger charge is 2.13. The number of aromatic nitrogens is 2. The van der Waals surface area contributed by atoms with E-state index in [1.807, 2.05) is 60.0 Å². The molecule has 2 heterocycles. The van der Waals surface area contributed by atoms with Crippen LogP contribution in [-0.2, 0) is 13.1 Å². The van der Waals surface area contributed by atoms with Crippen LogP contribution >= 0.6 is 11.3 Å². The van der Waals surface area contributed by atoms with Crippen LogP contribution in [0.2, 0.25) is 0 Å². The van der Waals surface area contributed by atoms with Crippen LogP contribution in [0, 0.1) is 0 Å².